The van der Waals surface area contributed by atoms with E-state index < -0.39 is 16.7 Å². The molecule has 2 rings (SSSR count). The summed E-state index contributed by atoms with van der Waals surface area (Å²) in [4.78, 5) is 10.5. The molecule has 0 aromatic heterocycles. The first-order valence-electron chi connectivity index (χ1n) is 5.72. The van der Waals surface area contributed by atoms with Crippen LogP contribution in [0.2, 0.25) is 0 Å². The highest BCUT2D eigenvalue weighted by Gasteiger charge is 2.30. The molecule has 2 aromatic carbocycles. The molecule has 0 N–H and O–H groups in total. The topological polar surface area (TPSA) is 43.1 Å². The summed E-state index contributed by atoms with van der Waals surface area (Å²) >= 11 is 0. The fraction of sp³-hybridized carbons (Fsp3) is 0.143. The molecule has 20 heavy (non-hydrogen) atoms. The predicted octanol–water partition coefficient (Wildman–Crippen LogP) is 4.59. The first kappa shape index (κ1) is 14.0. The molecule has 104 valence electrons. The van der Waals surface area contributed by atoms with Gasteiger partial charge in [0, 0.05) is 6.07 Å². The van der Waals surface area contributed by atoms with Crippen molar-refractivity contribution in [2.75, 3.05) is 0 Å². The number of hydrogen-bond acceptors (Lipinski definition) is 2. The van der Waals surface area contributed by atoms with Gasteiger partial charge in [-0.2, -0.15) is 13.2 Å². The Morgan fingerprint density at radius 3 is 2.15 bits per heavy atom. The molecule has 0 heterocycles. The lowest BCUT2D eigenvalue weighted by molar-refractivity contribution is -0.384. The van der Waals surface area contributed by atoms with Crippen LogP contribution in [0.3, 0.4) is 0 Å². The van der Waals surface area contributed by atoms with Crippen LogP contribution in [0.25, 0.3) is 11.1 Å². The van der Waals surface area contributed by atoms with Gasteiger partial charge >= 0.3 is 6.18 Å². The molecule has 0 bridgehead atoms. The van der Waals surface area contributed by atoms with Crippen LogP contribution in [0.1, 0.15) is 11.1 Å². The van der Waals surface area contributed by atoms with Crippen LogP contribution in [0.15, 0.2) is 42.5 Å². The van der Waals surface area contributed by atoms with Crippen LogP contribution < -0.4 is 0 Å². The van der Waals surface area contributed by atoms with Crippen molar-refractivity contribution in [2.45, 2.75) is 13.1 Å². The van der Waals surface area contributed by atoms with E-state index in [1.807, 2.05) is 0 Å². The van der Waals surface area contributed by atoms with Crippen LogP contribution in [0.4, 0.5) is 18.9 Å². The van der Waals surface area contributed by atoms with Crippen LogP contribution >= 0.6 is 0 Å². The Labute approximate surface area is 112 Å². The fourth-order valence-electron chi connectivity index (χ4n) is 1.88. The molecule has 0 unspecified atom stereocenters. The van der Waals surface area contributed by atoms with E-state index in [0.29, 0.717) is 16.7 Å². The summed E-state index contributed by atoms with van der Waals surface area (Å²) in [6.45, 7) is 1.71. The summed E-state index contributed by atoms with van der Waals surface area (Å²) in [5.74, 6) is 0. The van der Waals surface area contributed by atoms with E-state index in [0.717, 1.165) is 12.1 Å². The van der Waals surface area contributed by atoms with Gasteiger partial charge in [0.2, 0.25) is 0 Å². The summed E-state index contributed by atoms with van der Waals surface area (Å²) in [7, 11) is 0. The van der Waals surface area contributed by atoms with Crippen LogP contribution in [-0.2, 0) is 6.18 Å². The van der Waals surface area contributed by atoms with Gasteiger partial charge in [-0.1, -0.05) is 18.2 Å². The fourth-order valence-corrected chi connectivity index (χ4v) is 1.88. The molecular formula is C14H10F3NO2. The molecule has 0 fully saturated rings. The third-order valence-electron chi connectivity index (χ3n) is 2.87. The van der Waals surface area contributed by atoms with E-state index in [-0.39, 0.29) is 5.69 Å². The van der Waals surface area contributed by atoms with Crippen LogP contribution in [0.5, 0.6) is 0 Å². The van der Waals surface area contributed by atoms with Gasteiger partial charge in [0.1, 0.15) is 0 Å². The van der Waals surface area contributed by atoms with Crippen molar-refractivity contribution >= 4 is 5.69 Å². The average molecular weight is 281 g/mol. The standard InChI is InChI=1S/C14H10F3NO2/c1-9-2-7-12(13(8-9)18(19)20)10-3-5-11(6-4-10)14(15,16)17/h2-8H,1H3. The smallest absolute Gasteiger partial charge is 0.258 e. The molecule has 0 aliphatic carbocycles. The zero-order valence-corrected chi connectivity index (χ0v) is 10.4. The Balaban J connectivity index is 2.50. The van der Waals surface area contributed by atoms with E-state index in [1.54, 1.807) is 13.0 Å². The maximum absolute atomic E-state index is 12.5. The zero-order chi connectivity index (χ0) is 14.9. The Morgan fingerprint density at radius 2 is 1.65 bits per heavy atom. The molecule has 0 amide bonds. The van der Waals surface area contributed by atoms with Gasteiger partial charge in [0.05, 0.1) is 16.1 Å². The number of nitro groups is 1. The van der Waals surface area contributed by atoms with E-state index >= 15 is 0 Å². The number of alkyl halides is 3. The van der Waals surface area contributed by atoms with Crippen LogP contribution in [0, 0.1) is 17.0 Å². The van der Waals surface area contributed by atoms with Crippen molar-refractivity contribution in [1.82, 2.24) is 0 Å². The lowest BCUT2D eigenvalue weighted by atomic mass is 10.0. The summed E-state index contributed by atoms with van der Waals surface area (Å²) in [5, 5.41) is 11.0. The largest absolute Gasteiger partial charge is 0.416 e. The quantitative estimate of drug-likeness (QED) is 0.597. The van der Waals surface area contributed by atoms with Crippen LogP contribution in [-0.4, -0.2) is 4.92 Å². The molecule has 0 aliphatic heterocycles. The third kappa shape index (κ3) is 2.79. The zero-order valence-electron chi connectivity index (χ0n) is 10.4. The second-order valence-electron chi connectivity index (χ2n) is 4.35. The lowest BCUT2D eigenvalue weighted by Crippen LogP contribution is -2.04. The highest BCUT2D eigenvalue weighted by molar-refractivity contribution is 5.74. The Hall–Kier alpha value is -2.37. The SMILES string of the molecule is Cc1ccc(-c2ccc(C(F)(F)F)cc2)c([N+](=O)[O-])c1. The van der Waals surface area contributed by atoms with E-state index in [9.17, 15) is 23.3 Å². The van der Waals surface area contributed by atoms with Crippen molar-refractivity contribution in [1.29, 1.82) is 0 Å². The summed E-state index contributed by atoms with van der Waals surface area (Å²) in [6, 6.07) is 8.92. The average Bonchev–Trinajstić information content (AvgIpc) is 2.37. The number of nitrogens with zero attached hydrogens (tertiary/aromatic N) is 1. The highest BCUT2D eigenvalue weighted by atomic mass is 19.4. The maximum Gasteiger partial charge on any atom is 0.416 e. The molecule has 2 aromatic rings. The Morgan fingerprint density at radius 1 is 1.05 bits per heavy atom. The lowest BCUT2D eigenvalue weighted by Gasteiger charge is -2.08. The van der Waals surface area contributed by atoms with Crippen molar-refractivity contribution in [3.05, 3.63) is 63.7 Å². The Bertz CT molecular complexity index is 648. The van der Waals surface area contributed by atoms with Gasteiger partial charge < -0.3 is 0 Å². The van der Waals surface area contributed by atoms with Crippen molar-refractivity contribution in [2.24, 2.45) is 0 Å². The Kier molecular flexibility index (Phi) is 3.48. The van der Waals surface area contributed by atoms with Gasteiger partial charge in [0.15, 0.2) is 0 Å². The molecule has 0 spiro atoms. The maximum atomic E-state index is 12.5. The first-order valence-corrected chi connectivity index (χ1v) is 5.72. The first-order chi connectivity index (χ1) is 9.29. The minimum Gasteiger partial charge on any atom is -0.258 e. The second-order valence-corrected chi connectivity index (χ2v) is 4.35. The minimum atomic E-state index is -4.42. The summed E-state index contributed by atoms with van der Waals surface area (Å²) in [6.07, 6.45) is -4.42. The van der Waals surface area contributed by atoms with Crippen molar-refractivity contribution in [3.8, 4) is 11.1 Å². The second kappa shape index (κ2) is 4.96. The monoisotopic (exact) mass is 281 g/mol. The summed E-state index contributed by atoms with van der Waals surface area (Å²) < 4.78 is 37.4. The van der Waals surface area contributed by atoms with E-state index in [1.165, 1.54) is 24.3 Å². The molecule has 0 aliphatic rings. The third-order valence-corrected chi connectivity index (χ3v) is 2.87. The molecule has 6 heteroatoms. The molecule has 0 atom stereocenters. The van der Waals surface area contributed by atoms with Gasteiger partial charge in [-0.15, -0.1) is 0 Å². The van der Waals surface area contributed by atoms with E-state index in [4.69, 9.17) is 0 Å². The number of rotatable bonds is 2. The normalized spacial score (nSPS) is 11.4. The molecule has 0 saturated heterocycles. The molecule has 0 saturated carbocycles. The number of hydrogen-bond donors (Lipinski definition) is 0. The van der Waals surface area contributed by atoms with Crippen molar-refractivity contribution < 1.29 is 18.1 Å². The number of benzene rings is 2. The predicted molar refractivity (Wildman–Crippen MR) is 68.3 cm³/mol. The van der Waals surface area contributed by atoms with E-state index in [2.05, 4.69) is 0 Å². The number of aryl methyl sites for hydroxylation is 1. The van der Waals surface area contributed by atoms with Gasteiger partial charge in [-0.05, 0) is 36.2 Å². The molecular weight excluding hydrogens is 271 g/mol. The number of nitro benzene ring substituents is 1. The summed E-state index contributed by atoms with van der Waals surface area (Å²) in [5.41, 5.74) is 0.493. The highest BCUT2D eigenvalue weighted by Crippen LogP contribution is 2.34. The molecule has 0 radical (unpaired) electrons. The van der Waals surface area contributed by atoms with Gasteiger partial charge in [-0.3, -0.25) is 10.1 Å². The van der Waals surface area contributed by atoms with Gasteiger partial charge in [0.25, 0.3) is 5.69 Å². The minimum absolute atomic E-state index is 0.121. The van der Waals surface area contributed by atoms with Crippen molar-refractivity contribution in [3.63, 3.8) is 0 Å². The number of halogens is 3. The van der Waals surface area contributed by atoms with Gasteiger partial charge in [-0.25, -0.2) is 0 Å². The molecule has 3 nitrogen and oxygen atoms in total.